The molecule has 0 bridgehead atoms. The number of amides is 1. The molecule has 0 aromatic heterocycles. The Bertz CT molecular complexity index is 893. The fraction of sp³-hybridized carbons (Fsp3) is 0.500. The summed E-state index contributed by atoms with van der Waals surface area (Å²) in [6, 6.07) is 15.0. The zero-order valence-corrected chi connectivity index (χ0v) is 19.7. The van der Waals surface area contributed by atoms with Gasteiger partial charge < -0.3 is 26.0 Å². The molecule has 1 amide bonds. The Balaban J connectivity index is 1.78. The monoisotopic (exact) mass is 438 g/mol. The van der Waals surface area contributed by atoms with E-state index in [9.17, 15) is 4.79 Å². The number of rotatable bonds is 8. The van der Waals surface area contributed by atoms with Crippen molar-refractivity contribution in [3.05, 3.63) is 48.0 Å². The number of hydrogen-bond acceptors (Lipinski definition) is 5. The first kappa shape index (κ1) is 23.9. The minimum absolute atomic E-state index is 0.166. The van der Waals surface area contributed by atoms with E-state index >= 15 is 0 Å². The van der Waals surface area contributed by atoms with Crippen molar-refractivity contribution < 1.29 is 9.53 Å². The van der Waals surface area contributed by atoms with E-state index in [-0.39, 0.29) is 18.2 Å². The number of carbonyl (C=O) groups is 1. The van der Waals surface area contributed by atoms with Crippen LogP contribution in [0, 0.1) is 0 Å². The molecule has 32 heavy (non-hydrogen) atoms. The highest BCUT2D eigenvalue weighted by Gasteiger charge is 2.28. The fourth-order valence-electron chi connectivity index (χ4n) is 4.52. The average molecular weight is 439 g/mol. The molecule has 1 fully saturated rings. The Morgan fingerprint density at radius 2 is 1.81 bits per heavy atom. The van der Waals surface area contributed by atoms with Crippen molar-refractivity contribution >= 4 is 17.5 Å². The van der Waals surface area contributed by atoms with Gasteiger partial charge in [-0.3, -0.25) is 0 Å². The second-order valence-corrected chi connectivity index (χ2v) is 8.92. The third-order valence-electron chi connectivity index (χ3n) is 6.49. The number of methoxy groups -OCH3 is 1. The SMILES string of the molecule is CCCCN(C)c1ccc(-c2cccc(CN(C(=O)OC)C3CCC(N)CC3)c2)cc1N. The van der Waals surface area contributed by atoms with Gasteiger partial charge in [-0.2, -0.15) is 0 Å². The standard InChI is InChI=1S/C26H38N4O2/c1-4-5-15-29(2)25-14-9-21(17-24(25)28)20-8-6-7-19(16-20)18-30(26(31)32-3)23-12-10-22(27)11-13-23/h6-9,14,16-17,22-23H,4-5,10-13,15,18,27-28H2,1-3H3. The lowest BCUT2D eigenvalue weighted by Gasteiger charge is -2.35. The van der Waals surface area contributed by atoms with E-state index in [0.29, 0.717) is 6.54 Å². The lowest BCUT2D eigenvalue weighted by atomic mass is 9.90. The van der Waals surface area contributed by atoms with Crippen LogP contribution in [0.2, 0.25) is 0 Å². The van der Waals surface area contributed by atoms with Gasteiger partial charge in [-0.25, -0.2) is 4.79 Å². The second kappa shape index (κ2) is 11.2. The molecule has 1 aliphatic carbocycles. The predicted molar refractivity (Wildman–Crippen MR) is 133 cm³/mol. The van der Waals surface area contributed by atoms with Gasteiger partial charge in [0, 0.05) is 32.2 Å². The Morgan fingerprint density at radius 1 is 1.09 bits per heavy atom. The summed E-state index contributed by atoms with van der Waals surface area (Å²) in [5, 5.41) is 0. The van der Waals surface area contributed by atoms with E-state index in [1.165, 1.54) is 7.11 Å². The van der Waals surface area contributed by atoms with Crippen LogP contribution in [0.3, 0.4) is 0 Å². The molecule has 1 saturated carbocycles. The molecular formula is C26H38N4O2. The summed E-state index contributed by atoms with van der Waals surface area (Å²) in [6.45, 7) is 3.70. The van der Waals surface area contributed by atoms with Gasteiger partial charge in [-0.15, -0.1) is 0 Å². The van der Waals surface area contributed by atoms with Gasteiger partial charge in [0.2, 0.25) is 0 Å². The lowest BCUT2D eigenvalue weighted by Crippen LogP contribution is -2.43. The molecule has 0 saturated heterocycles. The van der Waals surface area contributed by atoms with Crippen molar-refractivity contribution in [2.45, 2.75) is 64.1 Å². The molecule has 1 aliphatic rings. The largest absolute Gasteiger partial charge is 0.453 e. The van der Waals surface area contributed by atoms with E-state index < -0.39 is 0 Å². The summed E-state index contributed by atoms with van der Waals surface area (Å²) >= 11 is 0. The maximum atomic E-state index is 12.5. The van der Waals surface area contributed by atoms with Gasteiger partial charge in [0.05, 0.1) is 18.5 Å². The topological polar surface area (TPSA) is 84.8 Å². The molecule has 3 rings (SSSR count). The molecule has 4 N–H and O–H groups in total. The number of nitrogens with two attached hydrogens (primary N) is 2. The van der Waals surface area contributed by atoms with E-state index in [1.54, 1.807) is 0 Å². The summed E-state index contributed by atoms with van der Waals surface area (Å²) < 4.78 is 5.09. The zero-order valence-electron chi connectivity index (χ0n) is 19.7. The van der Waals surface area contributed by atoms with E-state index in [0.717, 1.165) is 73.1 Å². The van der Waals surface area contributed by atoms with Crippen molar-refractivity contribution in [1.82, 2.24) is 4.90 Å². The van der Waals surface area contributed by atoms with Gasteiger partial charge in [-0.1, -0.05) is 37.6 Å². The summed E-state index contributed by atoms with van der Waals surface area (Å²) in [5.74, 6) is 0. The highest BCUT2D eigenvalue weighted by atomic mass is 16.5. The number of benzene rings is 2. The number of hydrogen-bond donors (Lipinski definition) is 2. The van der Waals surface area contributed by atoms with Crippen LogP contribution in [-0.2, 0) is 11.3 Å². The molecule has 6 heteroatoms. The molecule has 0 aliphatic heterocycles. The molecular weight excluding hydrogens is 400 g/mol. The predicted octanol–water partition coefficient (Wildman–Crippen LogP) is 5.01. The molecule has 0 atom stereocenters. The molecule has 6 nitrogen and oxygen atoms in total. The summed E-state index contributed by atoms with van der Waals surface area (Å²) in [5.41, 5.74) is 17.5. The van der Waals surface area contributed by atoms with Gasteiger partial charge in [-0.05, 0) is 67.0 Å². The first-order chi connectivity index (χ1) is 15.4. The number of ether oxygens (including phenoxy) is 1. The zero-order chi connectivity index (χ0) is 23.1. The normalized spacial score (nSPS) is 18.2. The van der Waals surface area contributed by atoms with Gasteiger partial charge >= 0.3 is 6.09 Å². The van der Waals surface area contributed by atoms with Crippen molar-refractivity contribution in [1.29, 1.82) is 0 Å². The third kappa shape index (κ3) is 5.94. The highest BCUT2D eigenvalue weighted by Crippen LogP contribution is 2.30. The van der Waals surface area contributed by atoms with Crippen molar-refractivity contribution in [3.63, 3.8) is 0 Å². The van der Waals surface area contributed by atoms with E-state index in [1.807, 2.05) is 17.0 Å². The minimum atomic E-state index is -0.278. The number of nitrogen functional groups attached to an aromatic ring is 1. The van der Waals surface area contributed by atoms with Crippen LogP contribution in [0.5, 0.6) is 0 Å². The van der Waals surface area contributed by atoms with Crippen LogP contribution < -0.4 is 16.4 Å². The molecule has 2 aromatic rings. The smallest absolute Gasteiger partial charge is 0.410 e. The first-order valence-corrected chi connectivity index (χ1v) is 11.7. The summed E-state index contributed by atoms with van der Waals surface area (Å²) in [4.78, 5) is 16.6. The quantitative estimate of drug-likeness (QED) is 0.566. The Hall–Kier alpha value is -2.73. The molecule has 0 heterocycles. The van der Waals surface area contributed by atoms with Crippen LogP contribution in [0.15, 0.2) is 42.5 Å². The highest BCUT2D eigenvalue weighted by molar-refractivity contribution is 5.77. The minimum Gasteiger partial charge on any atom is -0.453 e. The Kier molecular flexibility index (Phi) is 8.39. The Labute approximate surface area is 192 Å². The number of unbranched alkanes of at least 4 members (excludes halogenated alkanes) is 1. The van der Waals surface area contributed by atoms with E-state index in [4.69, 9.17) is 16.2 Å². The van der Waals surface area contributed by atoms with Crippen LogP contribution in [0.25, 0.3) is 11.1 Å². The molecule has 174 valence electrons. The summed E-state index contributed by atoms with van der Waals surface area (Å²) in [7, 11) is 3.53. The van der Waals surface area contributed by atoms with Crippen LogP contribution >= 0.6 is 0 Å². The van der Waals surface area contributed by atoms with Crippen molar-refractivity contribution in [3.8, 4) is 11.1 Å². The lowest BCUT2D eigenvalue weighted by molar-refractivity contribution is 0.0879. The first-order valence-electron chi connectivity index (χ1n) is 11.7. The van der Waals surface area contributed by atoms with Gasteiger partial charge in [0.15, 0.2) is 0 Å². The van der Waals surface area contributed by atoms with Crippen molar-refractivity contribution in [2.24, 2.45) is 5.73 Å². The molecule has 0 unspecified atom stereocenters. The van der Waals surface area contributed by atoms with Crippen LogP contribution in [0.4, 0.5) is 16.2 Å². The maximum Gasteiger partial charge on any atom is 0.410 e. The summed E-state index contributed by atoms with van der Waals surface area (Å²) in [6.07, 6.45) is 5.74. The fourth-order valence-corrected chi connectivity index (χ4v) is 4.52. The van der Waals surface area contributed by atoms with Crippen LogP contribution in [0.1, 0.15) is 51.0 Å². The number of nitrogens with zero attached hydrogens (tertiary/aromatic N) is 2. The molecule has 0 radical (unpaired) electrons. The van der Waals surface area contributed by atoms with E-state index in [2.05, 4.69) is 49.2 Å². The molecule has 2 aromatic carbocycles. The van der Waals surface area contributed by atoms with Gasteiger partial charge in [0.25, 0.3) is 0 Å². The average Bonchev–Trinajstić information content (AvgIpc) is 2.81. The van der Waals surface area contributed by atoms with Crippen LogP contribution in [-0.4, -0.2) is 43.8 Å². The maximum absolute atomic E-state index is 12.5. The second-order valence-electron chi connectivity index (χ2n) is 8.92. The third-order valence-corrected chi connectivity index (χ3v) is 6.49. The van der Waals surface area contributed by atoms with Crippen molar-refractivity contribution in [2.75, 3.05) is 31.3 Å². The molecule has 0 spiro atoms. The Morgan fingerprint density at radius 3 is 2.47 bits per heavy atom. The number of carbonyl (C=O) groups excluding carboxylic acids is 1. The van der Waals surface area contributed by atoms with Gasteiger partial charge in [0.1, 0.15) is 0 Å². The number of anilines is 2.